The summed E-state index contributed by atoms with van der Waals surface area (Å²) in [4.78, 5) is 40.3. The average Bonchev–Trinajstić information content (AvgIpc) is 3.21. The summed E-state index contributed by atoms with van der Waals surface area (Å²) in [5.41, 5.74) is 4.10. The zero-order valence-corrected chi connectivity index (χ0v) is 20.5. The van der Waals surface area contributed by atoms with E-state index in [1.807, 2.05) is 19.9 Å². The Bertz CT molecular complexity index is 1140. The molecule has 0 saturated carbocycles. The van der Waals surface area contributed by atoms with Crippen LogP contribution in [0.5, 0.6) is 5.75 Å². The Kier molecular flexibility index (Phi) is 7.34. The second-order valence-electron chi connectivity index (χ2n) is 9.13. The number of aromatic amines is 1. The van der Waals surface area contributed by atoms with Crippen LogP contribution >= 0.6 is 0 Å². The van der Waals surface area contributed by atoms with E-state index in [4.69, 9.17) is 9.47 Å². The molecule has 3 rings (SSSR count). The van der Waals surface area contributed by atoms with Gasteiger partial charge in [0.2, 0.25) is 0 Å². The molecule has 0 unspecified atom stereocenters. The molecule has 2 aromatic rings. The van der Waals surface area contributed by atoms with Gasteiger partial charge in [0.1, 0.15) is 11.4 Å². The van der Waals surface area contributed by atoms with Gasteiger partial charge in [-0.05, 0) is 70.9 Å². The van der Waals surface area contributed by atoms with Gasteiger partial charge < -0.3 is 30.4 Å². The van der Waals surface area contributed by atoms with Crippen molar-refractivity contribution in [1.29, 1.82) is 0 Å². The molecule has 182 valence electrons. The SMILES string of the molecule is COc1ccc2c(c1)/C(=C/c1[nH]c(C)c(C(=O)NCCCNC(=O)OC(C)(C)C)c1C)C(=O)N2. The highest BCUT2D eigenvalue weighted by Gasteiger charge is 2.26. The van der Waals surface area contributed by atoms with Gasteiger partial charge in [-0.1, -0.05) is 0 Å². The zero-order valence-electron chi connectivity index (χ0n) is 20.5. The Morgan fingerprint density at radius 1 is 1.12 bits per heavy atom. The maximum atomic E-state index is 12.8. The molecule has 2 heterocycles. The lowest BCUT2D eigenvalue weighted by atomic mass is 10.0. The fourth-order valence-electron chi connectivity index (χ4n) is 3.72. The first kappa shape index (κ1) is 24.9. The van der Waals surface area contributed by atoms with Crippen molar-refractivity contribution in [2.45, 2.75) is 46.6 Å². The molecule has 1 aliphatic heterocycles. The number of carbonyl (C=O) groups is 3. The van der Waals surface area contributed by atoms with Crippen LogP contribution in [-0.4, -0.2) is 48.7 Å². The molecular weight excluding hydrogens is 436 g/mol. The van der Waals surface area contributed by atoms with Crippen LogP contribution in [-0.2, 0) is 9.53 Å². The van der Waals surface area contributed by atoms with Crippen molar-refractivity contribution in [3.63, 3.8) is 0 Å². The Labute approximate surface area is 199 Å². The van der Waals surface area contributed by atoms with Gasteiger partial charge in [0.25, 0.3) is 11.8 Å². The molecule has 0 saturated heterocycles. The van der Waals surface area contributed by atoms with Crippen molar-refractivity contribution < 1.29 is 23.9 Å². The van der Waals surface area contributed by atoms with Crippen LogP contribution in [0.3, 0.4) is 0 Å². The van der Waals surface area contributed by atoms with Gasteiger partial charge >= 0.3 is 6.09 Å². The van der Waals surface area contributed by atoms with Crippen molar-refractivity contribution in [3.05, 3.63) is 46.3 Å². The third-order valence-corrected chi connectivity index (χ3v) is 5.31. The number of benzene rings is 1. The zero-order chi connectivity index (χ0) is 25.0. The number of hydrogen-bond acceptors (Lipinski definition) is 5. The Hall–Kier alpha value is -3.75. The van der Waals surface area contributed by atoms with E-state index in [0.717, 1.165) is 16.8 Å². The standard InChI is InChI=1S/C25H32N4O5/c1-14-20(13-18-17-12-16(33-6)8-9-19(17)29-22(18)30)28-15(2)21(14)23(31)26-10-7-11-27-24(32)34-25(3,4)5/h8-9,12-13,28H,7,10-11H2,1-6H3,(H,26,31)(H,27,32)(H,29,30)/b18-13-. The van der Waals surface area contributed by atoms with Crippen LogP contribution in [0.15, 0.2) is 18.2 Å². The van der Waals surface area contributed by atoms with E-state index in [1.165, 1.54) is 0 Å². The minimum atomic E-state index is -0.554. The lowest BCUT2D eigenvalue weighted by Crippen LogP contribution is -2.34. The summed E-state index contributed by atoms with van der Waals surface area (Å²) in [5, 5.41) is 8.40. The molecule has 9 heteroatoms. The quantitative estimate of drug-likeness (QED) is 0.364. The van der Waals surface area contributed by atoms with E-state index in [0.29, 0.717) is 47.8 Å². The van der Waals surface area contributed by atoms with Crippen molar-refractivity contribution in [1.82, 2.24) is 15.6 Å². The molecule has 1 aliphatic rings. The Morgan fingerprint density at radius 3 is 2.50 bits per heavy atom. The van der Waals surface area contributed by atoms with Gasteiger partial charge in [-0.15, -0.1) is 0 Å². The number of aryl methyl sites for hydroxylation is 1. The molecule has 0 aliphatic carbocycles. The van der Waals surface area contributed by atoms with Crippen molar-refractivity contribution >= 4 is 35.2 Å². The summed E-state index contributed by atoms with van der Waals surface area (Å²) in [5.74, 6) is 0.228. The number of fused-ring (bicyclic) bond motifs is 1. The van der Waals surface area contributed by atoms with E-state index < -0.39 is 11.7 Å². The van der Waals surface area contributed by atoms with Crippen LogP contribution in [0.4, 0.5) is 10.5 Å². The van der Waals surface area contributed by atoms with Gasteiger partial charge in [-0.25, -0.2) is 4.79 Å². The number of methoxy groups -OCH3 is 1. The molecule has 0 fully saturated rings. The van der Waals surface area contributed by atoms with E-state index in [1.54, 1.807) is 46.1 Å². The topological polar surface area (TPSA) is 122 Å². The number of rotatable bonds is 7. The number of H-pyrrole nitrogens is 1. The van der Waals surface area contributed by atoms with Crippen LogP contribution in [0, 0.1) is 13.8 Å². The monoisotopic (exact) mass is 468 g/mol. The van der Waals surface area contributed by atoms with Crippen LogP contribution < -0.4 is 20.7 Å². The number of carbonyl (C=O) groups excluding carboxylic acids is 3. The second-order valence-corrected chi connectivity index (χ2v) is 9.13. The Balaban J connectivity index is 1.65. The normalized spacial score (nSPS) is 13.9. The summed E-state index contributed by atoms with van der Waals surface area (Å²) in [6.07, 6.45) is 1.83. The minimum Gasteiger partial charge on any atom is -0.497 e. The first-order valence-corrected chi connectivity index (χ1v) is 11.2. The van der Waals surface area contributed by atoms with Gasteiger partial charge in [-0.3, -0.25) is 9.59 Å². The molecule has 1 aromatic heterocycles. The average molecular weight is 469 g/mol. The summed E-state index contributed by atoms with van der Waals surface area (Å²) in [6, 6.07) is 5.40. The number of amides is 3. The predicted octanol–water partition coefficient (Wildman–Crippen LogP) is 3.78. The molecule has 0 radical (unpaired) electrons. The molecule has 34 heavy (non-hydrogen) atoms. The van der Waals surface area contributed by atoms with Crippen molar-refractivity contribution in [2.75, 3.05) is 25.5 Å². The number of anilines is 1. The number of aromatic nitrogens is 1. The maximum Gasteiger partial charge on any atom is 0.407 e. The van der Waals surface area contributed by atoms with Gasteiger partial charge in [-0.2, -0.15) is 0 Å². The summed E-state index contributed by atoms with van der Waals surface area (Å²) in [7, 11) is 1.58. The third kappa shape index (κ3) is 5.78. The lowest BCUT2D eigenvalue weighted by molar-refractivity contribution is -0.110. The van der Waals surface area contributed by atoms with Gasteiger partial charge in [0.05, 0.1) is 18.2 Å². The lowest BCUT2D eigenvalue weighted by Gasteiger charge is -2.19. The number of ether oxygens (including phenoxy) is 2. The van der Waals surface area contributed by atoms with Crippen molar-refractivity contribution in [2.24, 2.45) is 0 Å². The highest BCUT2D eigenvalue weighted by molar-refractivity contribution is 6.35. The molecule has 0 bridgehead atoms. The van der Waals surface area contributed by atoms with Crippen LogP contribution in [0.1, 0.15) is 60.1 Å². The van der Waals surface area contributed by atoms with Gasteiger partial charge in [0, 0.05) is 35.7 Å². The number of nitrogens with one attached hydrogen (secondary N) is 4. The largest absolute Gasteiger partial charge is 0.497 e. The smallest absolute Gasteiger partial charge is 0.407 e. The second kappa shape index (κ2) is 10.0. The highest BCUT2D eigenvalue weighted by atomic mass is 16.6. The molecule has 0 atom stereocenters. The fourth-order valence-corrected chi connectivity index (χ4v) is 3.72. The minimum absolute atomic E-state index is 0.210. The Morgan fingerprint density at radius 2 is 1.82 bits per heavy atom. The van der Waals surface area contributed by atoms with E-state index in [2.05, 4.69) is 20.9 Å². The first-order chi connectivity index (χ1) is 16.0. The highest BCUT2D eigenvalue weighted by Crippen LogP contribution is 2.36. The number of hydrogen-bond donors (Lipinski definition) is 4. The van der Waals surface area contributed by atoms with E-state index >= 15 is 0 Å². The molecule has 0 spiro atoms. The summed E-state index contributed by atoms with van der Waals surface area (Å²) < 4.78 is 10.5. The first-order valence-electron chi connectivity index (χ1n) is 11.2. The predicted molar refractivity (Wildman–Crippen MR) is 131 cm³/mol. The van der Waals surface area contributed by atoms with Crippen LogP contribution in [0.25, 0.3) is 11.6 Å². The summed E-state index contributed by atoms with van der Waals surface area (Å²) in [6.45, 7) is 9.84. The van der Waals surface area contributed by atoms with Crippen LogP contribution in [0.2, 0.25) is 0 Å². The summed E-state index contributed by atoms with van der Waals surface area (Å²) >= 11 is 0. The van der Waals surface area contributed by atoms with E-state index in [9.17, 15) is 14.4 Å². The van der Waals surface area contributed by atoms with Crippen molar-refractivity contribution in [3.8, 4) is 5.75 Å². The third-order valence-electron chi connectivity index (χ3n) is 5.31. The molecular formula is C25H32N4O5. The molecule has 9 nitrogen and oxygen atoms in total. The fraction of sp³-hybridized carbons (Fsp3) is 0.400. The maximum absolute atomic E-state index is 12.8. The molecule has 4 N–H and O–H groups in total. The van der Waals surface area contributed by atoms with E-state index in [-0.39, 0.29) is 11.8 Å². The molecule has 1 aromatic carbocycles. The van der Waals surface area contributed by atoms with Gasteiger partial charge in [0.15, 0.2) is 0 Å². The molecule has 3 amide bonds. The number of alkyl carbamates (subject to hydrolysis) is 1.